The van der Waals surface area contributed by atoms with Gasteiger partial charge in [0.2, 0.25) is 0 Å². The van der Waals surface area contributed by atoms with E-state index in [0.717, 1.165) is 16.3 Å². The van der Waals surface area contributed by atoms with Gasteiger partial charge in [0.15, 0.2) is 9.84 Å². The Morgan fingerprint density at radius 2 is 2.44 bits per heavy atom. The van der Waals surface area contributed by atoms with E-state index in [0.29, 0.717) is 18.7 Å². The van der Waals surface area contributed by atoms with Gasteiger partial charge >= 0.3 is 0 Å². The first-order chi connectivity index (χ1) is 7.54. The molecule has 2 heterocycles. The third-order valence-electron chi connectivity index (χ3n) is 2.98. The summed E-state index contributed by atoms with van der Waals surface area (Å²) < 4.78 is 23.5. The van der Waals surface area contributed by atoms with Crippen LogP contribution in [0.3, 0.4) is 0 Å². The molecule has 2 atom stereocenters. The van der Waals surface area contributed by atoms with Gasteiger partial charge in [0.05, 0.1) is 5.75 Å². The van der Waals surface area contributed by atoms with Crippen LogP contribution in [0, 0.1) is 0 Å². The second kappa shape index (κ2) is 4.43. The van der Waals surface area contributed by atoms with Crippen LogP contribution in [0.5, 0.6) is 0 Å². The molecule has 1 fully saturated rings. The van der Waals surface area contributed by atoms with Gasteiger partial charge in [-0.05, 0) is 19.4 Å². The van der Waals surface area contributed by atoms with Crippen molar-refractivity contribution in [2.45, 2.75) is 30.9 Å². The fourth-order valence-corrected chi connectivity index (χ4v) is 5.19. The zero-order chi connectivity index (χ0) is 11.8. The average molecular weight is 260 g/mol. The van der Waals surface area contributed by atoms with E-state index in [9.17, 15) is 8.42 Å². The molecule has 6 heteroatoms. The molecule has 0 saturated carbocycles. The fraction of sp³-hybridized carbons (Fsp3) is 0.700. The number of hydrogen-bond acceptors (Lipinski definition) is 5. The molecule has 4 nitrogen and oxygen atoms in total. The van der Waals surface area contributed by atoms with Crippen LogP contribution in [0.15, 0.2) is 6.20 Å². The van der Waals surface area contributed by atoms with Crippen LogP contribution in [0.2, 0.25) is 0 Å². The standard InChI is InChI=1S/C10H16N2O2S2/c1-7(5-11)8-6-12-10(15-8)9-3-2-4-16(9,13)14/h6-7,9H,2-5,11H2,1H3. The summed E-state index contributed by atoms with van der Waals surface area (Å²) in [7, 11) is -2.94. The predicted molar refractivity (Wildman–Crippen MR) is 65.3 cm³/mol. The van der Waals surface area contributed by atoms with Crippen molar-refractivity contribution in [1.82, 2.24) is 4.98 Å². The topological polar surface area (TPSA) is 73.0 Å². The minimum atomic E-state index is -2.94. The molecule has 1 saturated heterocycles. The molecule has 1 aliphatic heterocycles. The fourth-order valence-electron chi connectivity index (χ4n) is 1.86. The number of thiazole rings is 1. The molecule has 0 bridgehead atoms. The van der Waals surface area contributed by atoms with E-state index in [1.54, 1.807) is 6.20 Å². The third kappa shape index (κ3) is 2.14. The Labute approximate surface area is 99.8 Å². The minimum absolute atomic E-state index is 0.260. The summed E-state index contributed by atoms with van der Waals surface area (Å²) in [6, 6.07) is 0. The third-order valence-corrected chi connectivity index (χ3v) is 6.66. The van der Waals surface area contributed by atoms with Gasteiger partial charge in [0.1, 0.15) is 10.3 Å². The molecule has 2 unspecified atom stereocenters. The van der Waals surface area contributed by atoms with E-state index in [-0.39, 0.29) is 11.2 Å². The first-order valence-corrected chi connectivity index (χ1v) is 7.95. The van der Waals surface area contributed by atoms with E-state index < -0.39 is 9.84 Å². The quantitative estimate of drug-likeness (QED) is 0.893. The van der Waals surface area contributed by atoms with Crippen LogP contribution in [0.1, 0.15) is 40.8 Å². The smallest absolute Gasteiger partial charge is 0.159 e. The van der Waals surface area contributed by atoms with Crippen molar-refractivity contribution in [3.63, 3.8) is 0 Å². The molecule has 0 amide bonds. The van der Waals surface area contributed by atoms with Crippen LogP contribution in [-0.4, -0.2) is 25.7 Å². The Morgan fingerprint density at radius 3 is 3.00 bits per heavy atom. The van der Waals surface area contributed by atoms with E-state index in [1.165, 1.54) is 11.3 Å². The number of sulfone groups is 1. The number of nitrogens with zero attached hydrogens (tertiary/aromatic N) is 1. The number of rotatable bonds is 3. The lowest BCUT2D eigenvalue weighted by Gasteiger charge is -2.05. The molecule has 2 rings (SSSR count). The molecule has 0 spiro atoms. The summed E-state index contributed by atoms with van der Waals surface area (Å²) in [5.41, 5.74) is 5.58. The van der Waals surface area contributed by atoms with Crippen molar-refractivity contribution in [3.05, 3.63) is 16.1 Å². The van der Waals surface area contributed by atoms with Gasteiger partial charge in [0, 0.05) is 17.0 Å². The van der Waals surface area contributed by atoms with E-state index >= 15 is 0 Å². The van der Waals surface area contributed by atoms with Crippen molar-refractivity contribution in [2.75, 3.05) is 12.3 Å². The lowest BCUT2D eigenvalue weighted by Crippen LogP contribution is -2.07. The SMILES string of the molecule is CC(CN)c1cnc(C2CCCS2(=O)=O)s1. The molecule has 1 aliphatic rings. The molecule has 0 aliphatic carbocycles. The van der Waals surface area contributed by atoms with Crippen molar-refractivity contribution in [1.29, 1.82) is 0 Å². The summed E-state index contributed by atoms with van der Waals surface area (Å²) in [5.74, 6) is 0.564. The average Bonchev–Trinajstić information content (AvgIpc) is 2.82. The first-order valence-electron chi connectivity index (χ1n) is 5.42. The molecule has 1 aromatic rings. The van der Waals surface area contributed by atoms with Gasteiger partial charge in [-0.3, -0.25) is 0 Å². The maximum atomic E-state index is 11.8. The molecule has 90 valence electrons. The van der Waals surface area contributed by atoms with Crippen molar-refractivity contribution in [3.8, 4) is 0 Å². The molecule has 0 aromatic carbocycles. The van der Waals surface area contributed by atoms with Crippen molar-refractivity contribution in [2.24, 2.45) is 5.73 Å². The number of hydrogen-bond donors (Lipinski definition) is 1. The Morgan fingerprint density at radius 1 is 1.69 bits per heavy atom. The van der Waals surface area contributed by atoms with E-state index in [4.69, 9.17) is 5.73 Å². The van der Waals surface area contributed by atoms with Crippen LogP contribution in [0.4, 0.5) is 0 Å². The zero-order valence-corrected chi connectivity index (χ0v) is 10.9. The lowest BCUT2D eigenvalue weighted by molar-refractivity contribution is 0.592. The highest BCUT2D eigenvalue weighted by Crippen LogP contribution is 2.37. The van der Waals surface area contributed by atoms with Gasteiger partial charge in [-0.25, -0.2) is 13.4 Å². The monoisotopic (exact) mass is 260 g/mol. The van der Waals surface area contributed by atoms with Gasteiger partial charge in [-0.15, -0.1) is 11.3 Å². The molecular formula is C10H16N2O2S2. The summed E-state index contributed by atoms with van der Waals surface area (Å²) >= 11 is 1.49. The number of nitrogens with two attached hydrogens (primary N) is 1. The van der Waals surface area contributed by atoms with Crippen LogP contribution in [-0.2, 0) is 9.84 Å². The van der Waals surface area contributed by atoms with Crippen LogP contribution < -0.4 is 5.73 Å². The number of aromatic nitrogens is 1. The second-order valence-corrected chi connectivity index (χ2v) is 7.63. The van der Waals surface area contributed by atoms with E-state index in [1.807, 2.05) is 6.92 Å². The highest BCUT2D eigenvalue weighted by atomic mass is 32.2. The van der Waals surface area contributed by atoms with Crippen LogP contribution >= 0.6 is 11.3 Å². The van der Waals surface area contributed by atoms with E-state index in [2.05, 4.69) is 4.98 Å². The second-order valence-electron chi connectivity index (χ2n) is 4.24. The first kappa shape index (κ1) is 12.0. The van der Waals surface area contributed by atoms with Gasteiger partial charge in [-0.1, -0.05) is 6.92 Å². The van der Waals surface area contributed by atoms with Gasteiger partial charge in [0.25, 0.3) is 0 Å². The molecular weight excluding hydrogens is 244 g/mol. The maximum Gasteiger partial charge on any atom is 0.159 e. The summed E-state index contributed by atoms with van der Waals surface area (Å²) in [5, 5.41) is 0.379. The largest absolute Gasteiger partial charge is 0.330 e. The predicted octanol–water partition coefficient (Wildman–Crippen LogP) is 1.46. The lowest BCUT2D eigenvalue weighted by atomic mass is 10.2. The molecule has 16 heavy (non-hydrogen) atoms. The van der Waals surface area contributed by atoms with Gasteiger partial charge in [-0.2, -0.15) is 0 Å². The Balaban J connectivity index is 2.25. The summed E-state index contributed by atoms with van der Waals surface area (Å²) in [6.07, 6.45) is 3.24. The molecule has 0 radical (unpaired) electrons. The molecule has 1 aromatic heterocycles. The normalized spacial score (nSPS) is 25.8. The minimum Gasteiger partial charge on any atom is -0.330 e. The van der Waals surface area contributed by atoms with Crippen molar-refractivity contribution >= 4 is 21.2 Å². The summed E-state index contributed by atoms with van der Waals surface area (Å²) in [6.45, 7) is 2.60. The van der Waals surface area contributed by atoms with Crippen LogP contribution in [0.25, 0.3) is 0 Å². The highest BCUT2D eigenvalue weighted by molar-refractivity contribution is 7.92. The van der Waals surface area contributed by atoms with Crippen molar-refractivity contribution < 1.29 is 8.42 Å². The summed E-state index contributed by atoms with van der Waals surface area (Å²) in [4.78, 5) is 5.33. The Kier molecular flexibility index (Phi) is 3.32. The molecule has 2 N–H and O–H groups in total. The highest BCUT2D eigenvalue weighted by Gasteiger charge is 2.34. The maximum absolute atomic E-state index is 11.8. The van der Waals surface area contributed by atoms with Gasteiger partial charge < -0.3 is 5.73 Å². The Bertz CT molecular complexity index is 467. The Hall–Kier alpha value is -0.460. The zero-order valence-electron chi connectivity index (χ0n) is 9.22.